The van der Waals surface area contributed by atoms with Crippen LogP contribution in [0.25, 0.3) is 0 Å². The molecule has 2 rings (SSSR count). The van der Waals surface area contributed by atoms with E-state index in [0.29, 0.717) is 10.6 Å². The van der Waals surface area contributed by atoms with Crippen LogP contribution in [0, 0.1) is 0 Å². The fraction of sp³-hybridized carbons (Fsp3) is 0.533. The Morgan fingerprint density at radius 2 is 2.25 bits per heavy atom. The molecule has 1 saturated heterocycles. The molecule has 1 fully saturated rings. The van der Waals surface area contributed by atoms with E-state index in [0.717, 1.165) is 31.6 Å². The topological polar surface area (TPSA) is 35.6 Å². The molecule has 1 aliphatic heterocycles. The van der Waals surface area contributed by atoms with Gasteiger partial charge in [-0.1, -0.05) is 11.6 Å². The monoisotopic (exact) mass is 295 g/mol. The Morgan fingerprint density at radius 3 is 2.90 bits per heavy atom. The lowest BCUT2D eigenvalue weighted by Crippen LogP contribution is -2.47. The number of carbonyl (C=O) groups excluding carboxylic acids is 1. The van der Waals surface area contributed by atoms with Crippen LogP contribution in [-0.2, 0) is 0 Å². The first kappa shape index (κ1) is 15.1. The van der Waals surface area contributed by atoms with Crippen molar-refractivity contribution in [2.45, 2.75) is 18.9 Å². The third-order valence-corrected chi connectivity index (χ3v) is 4.18. The maximum Gasteiger partial charge on any atom is 0.256 e. The highest BCUT2D eigenvalue weighted by atomic mass is 35.5. The van der Waals surface area contributed by atoms with E-state index in [1.54, 1.807) is 12.1 Å². The molecule has 1 atom stereocenters. The average Bonchev–Trinajstić information content (AvgIpc) is 2.45. The van der Waals surface area contributed by atoms with Crippen LogP contribution in [0.5, 0.6) is 0 Å². The zero-order chi connectivity index (χ0) is 14.7. The van der Waals surface area contributed by atoms with Gasteiger partial charge in [0, 0.05) is 37.4 Å². The summed E-state index contributed by atoms with van der Waals surface area (Å²) in [7, 11) is 5.80. The van der Waals surface area contributed by atoms with Gasteiger partial charge in [0.1, 0.15) is 0 Å². The number of likely N-dealkylation sites (tertiary alicyclic amines) is 1. The number of amides is 1. The largest absolute Gasteiger partial charge is 0.387 e. The molecule has 20 heavy (non-hydrogen) atoms. The summed E-state index contributed by atoms with van der Waals surface area (Å²) in [5.41, 5.74) is 1.45. The van der Waals surface area contributed by atoms with Gasteiger partial charge in [-0.2, -0.15) is 0 Å². The zero-order valence-corrected chi connectivity index (χ0v) is 13.1. The molecular weight excluding hydrogens is 274 g/mol. The third-order valence-electron chi connectivity index (χ3n) is 3.95. The van der Waals surface area contributed by atoms with Crippen molar-refractivity contribution in [3.05, 3.63) is 28.8 Å². The highest BCUT2D eigenvalue weighted by Gasteiger charge is 2.26. The van der Waals surface area contributed by atoms with E-state index >= 15 is 0 Å². The van der Waals surface area contributed by atoms with Crippen molar-refractivity contribution in [3.8, 4) is 0 Å². The van der Waals surface area contributed by atoms with Gasteiger partial charge >= 0.3 is 0 Å². The Balaban J connectivity index is 2.19. The molecule has 0 bridgehead atoms. The Kier molecular flexibility index (Phi) is 4.89. The lowest BCUT2D eigenvalue weighted by atomic mass is 10.0. The highest BCUT2D eigenvalue weighted by molar-refractivity contribution is 6.31. The molecule has 5 heteroatoms. The predicted molar refractivity (Wildman–Crippen MR) is 83.6 cm³/mol. The van der Waals surface area contributed by atoms with Gasteiger partial charge in [0.2, 0.25) is 0 Å². The second-order valence-corrected chi connectivity index (χ2v) is 5.85. The summed E-state index contributed by atoms with van der Waals surface area (Å²) in [6.07, 6.45) is 2.19. The Labute approximate surface area is 125 Å². The second kappa shape index (κ2) is 6.46. The summed E-state index contributed by atoms with van der Waals surface area (Å²) in [6, 6.07) is 5.64. The molecule has 4 nitrogen and oxygen atoms in total. The summed E-state index contributed by atoms with van der Waals surface area (Å²) in [5, 5.41) is 3.64. The van der Waals surface area contributed by atoms with Gasteiger partial charge in [0.05, 0.1) is 5.56 Å². The molecule has 0 spiro atoms. The number of rotatable bonds is 3. The minimum atomic E-state index is 0.0251. The first-order valence-corrected chi connectivity index (χ1v) is 7.33. The maximum absolute atomic E-state index is 12.7. The lowest BCUT2D eigenvalue weighted by Gasteiger charge is -2.36. The Hall–Kier alpha value is -1.26. The van der Waals surface area contributed by atoms with E-state index in [4.69, 9.17) is 11.6 Å². The van der Waals surface area contributed by atoms with Crippen LogP contribution in [0.1, 0.15) is 23.2 Å². The molecule has 1 aliphatic rings. The predicted octanol–water partition coefficient (Wildman–Crippen LogP) is 2.55. The fourth-order valence-corrected chi connectivity index (χ4v) is 2.89. The van der Waals surface area contributed by atoms with E-state index in [1.165, 1.54) is 0 Å². The number of hydrogen-bond donors (Lipinski definition) is 1. The van der Waals surface area contributed by atoms with Crippen molar-refractivity contribution < 1.29 is 4.79 Å². The van der Waals surface area contributed by atoms with Gasteiger partial charge in [-0.05, 0) is 44.6 Å². The molecule has 0 aliphatic carbocycles. The van der Waals surface area contributed by atoms with Crippen molar-refractivity contribution >= 4 is 23.2 Å². The third kappa shape index (κ3) is 3.25. The van der Waals surface area contributed by atoms with E-state index in [9.17, 15) is 4.79 Å². The molecule has 1 aromatic rings. The Morgan fingerprint density at radius 1 is 1.50 bits per heavy atom. The number of nitrogens with one attached hydrogen (secondary N) is 1. The van der Waals surface area contributed by atoms with Crippen molar-refractivity contribution in [1.29, 1.82) is 0 Å². The van der Waals surface area contributed by atoms with Crippen LogP contribution in [0.4, 0.5) is 5.69 Å². The summed E-state index contributed by atoms with van der Waals surface area (Å²) in [6.45, 7) is 2.04. The molecule has 0 aromatic heterocycles. The van der Waals surface area contributed by atoms with Crippen LogP contribution in [0.15, 0.2) is 18.2 Å². The standard InChI is InChI=1S/C15H22ClN3O/c1-17-14-7-6-11(16)9-13(14)15(20)19(3)12-5-4-8-18(2)10-12/h6-7,9,12,17H,4-5,8,10H2,1-3H3. The number of benzene rings is 1. The van der Waals surface area contributed by atoms with Crippen LogP contribution in [-0.4, -0.2) is 56.0 Å². The SMILES string of the molecule is CNc1ccc(Cl)cc1C(=O)N(C)C1CCCN(C)C1. The minimum Gasteiger partial charge on any atom is -0.387 e. The fourth-order valence-electron chi connectivity index (χ4n) is 2.72. The van der Waals surface area contributed by atoms with Crippen molar-refractivity contribution in [2.75, 3.05) is 39.5 Å². The molecular formula is C15H22ClN3O. The number of halogens is 1. The number of carbonyl (C=O) groups is 1. The lowest BCUT2D eigenvalue weighted by molar-refractivity contribution is 0.0645. The average molecular weight is 296 g/mol. The zero-order valence-electron chi connectivity index (χ0n) is 12.3. The molecule has 0 saturated carbocycles. The molecule has 1 aromatic carbocycles. The first-order valence-electron chi connectivity index (χ1n) is 6.96. The van der Waals surface area contributed by atoms with Crippen LogP contribution in [0.3, 0.4) is 0 Å². The number of nitrogens with zero attached hydrogens (tertiary/aromatic N) is 2. The second-order valence-electron chi connectivity index (χ2n) is 5.41. The van der Waals surface area contributed by atoms with Crippen LogP contribution in [0.2, 0.25) is 5.02 Å². The summed E-state index contributed by atoms with van der Waals surface area (Å²) in [4.78, 5) is 16.8. The summed E-state index contributed by atoms with van der Waals surface area (Å²) >= 11 is 6.02. The van der Waals surface area contributed by atoms with Crippen molar-refractivity contribution in [1.82, 2.24) is 9.80 Å². The van der Waals surface area contributed by atoms with Crippen LogP contribution < -0.4 is 5.32 Å². The van der Waals surface area contributed by atoms with E-state index in [1.807, 2.05) is 25.1 Å². The van der Waals surface area contributed by atoms with Crippen molar-refractivity contribution in [2.24, 2.45) is 0 Å². The van der Waals surface area contributed by atoms with E-state index < -0.39 is 0 Å². The van der Waals surface area contributed by atoms with Crippen molar-refractivity contribution in [3.63, 3.8) is 0 Å². The van der Waals surface area contributed by atoms with E-state index in [2.05, 4.69) is 17.3 Å². The number of likely N-dealkylation sites (N-methyl/N-ethyl adjacent to an activating group) is 2. The Bertz CT molecular complexity index is 492. The molecule has 0 radical (unpaired) electrons. The molecule has 1 N–H and O–H groups in total. The van der Waals surface area contributed by atoms with Gasteiger partial charge in [0.15, 0.2) is 0 Å². The molecule has 1 unspecified atom stereocenters. The van der Waals surface area contributed by atoms with Gasteiger partial charge in [-0.15, -0.1) is 0 Å². The molecule has 110 valence electrons. The normalized spacial score (nSPS) is 19.7. The van der Waals surface area contributed by atoms with Gasteiger partial charge < -0.3 is 15.1 Å². The van der Waals surface area contributed by atoms with Crippen LogP contribution >= 0.6 is 11.6 Å². The molecule has 1 heterocycles. The summed E-state index contributed by atoms with van der Waals surface area (Å²) < 4.78 is 0. The quantitative estimate of drug-likeness (QED) is 0.931. The number of anilines is 1. The number of hydrogen-bond acceptors (Lipinski definition) is 3. The van der Waals surface area contributed by atoms with Gasteiger partial charge in [0.25, 0.3) is 5.91 Å². The number of piperidine rings is 1. The summed E-state index contributed by atoms with van der Waals surface area (Å²) in [5.74, 6) is 0.0251. The minimum absolute atomic E-state index is 0.0251. The van der Waals surface area contributed by atoms with E-state index in [-0.39, 0.29) is 11.9 Å². The van der Waals surface area contributed by atoms with Gasteiger partial charge in [-0.3, -0.25) is 4.79 Å². The highest BCUT2D eigenvalue weighted by Crippen LogP contribution is 2.23. The first-order chi connectivity index (χ1) is 9.52. The smallest absolute Gasteiger partial charge is 0.256 e. The maximum atomic E-state index is 12.7. The van der Waals surface area contributed by atoms with Gasteiger partial charge in [-0.25, -0.2) is 0 Å². The molecule has 1 amide bonds.